The summed E-state index contributed by atoms with van der Waals surface area (Å²) in [5, 5.41) is 8.90. The third kappa shape index (κ3) is 2.74. The molecule has 4 nitrogen and oxygen atoms in total. The zero-order valence-electron chi connectivity index (χ0n) is 10.6. The summed E-state index contributed by atoms with van der Waals surface area (Å²) in [6.07, 6.45) is 1.20. The molecule has 104 valence electrons. The van der Waals surface area contributed by atoms with Gasteiger partial charge in [-0.3, -0.25) is 4.79 Å². The minimum absolute atomic E-state index is 0.142. The Hall–Kier alpha value is -2.50. The number of nitrogens with zero attached hydrogens (tertiary/aromatic N) is 1. The van der Waals surface area contributed by atoms with Gasteiger partial charge in [-0.05, 0) is 24.6 Å². The van der Waals surface area contributed by atoms with Crippen LogP contribution in [-0.2, 0) is 6.54 Å². The molecule has 0 saturated heterocycles. The lowest BCUT2D eigenvalue weighted by atomic mass is 10.2. The average molecular weight is 279 g/mol. The Kier molecular flexibility index (Phi) is 3.65. The maximum absolute atomic E-state index is 13.1. The first-order chi connectivity index (χ1) is 9.38. The van der Waals surface area contributed by atoms with Crippen LogP contribution in [0.5, 0.6) is 0 Å². The fourth-order valence-corrected chi connectivity index (χ4v) is 1.84. The van der Waals surface area contributed by atoms with Gasteiger partial charge in [0.25, 0.3) is 0 Å². The first kappa shape index (κ1) is 13.9. The molecule has 1 aromatic heterocycles. The highest BCUT2D eigenvalue weighted by Gasteiger charge is 2.11. The predicted octanol–water partition coefficient (Wildman–Crippen LogP) is 2.18. The van der Waals surface area contributed by atoms with Crippen molar-refractivity contribution < 1.29 is 18.7 Å². The van der Waals surface area contributed by atoms with Crippen molar-refractivity contribution in [1.29, 1.82) is 0 Å². The topological polar surface area (TPSA) is 59.3 Å². The second kappa shape index (κ2) is 5.24. The second-order valence-electron chi connectivity index (χ2n) is 4.37. The van der Waals surface area contributed by atoms with Gasteiger partial charge in [-0.25, -0.2) is 13.6 Å². The normalized spacial score (nSPS) is 10.6. The Morgan fingerprint density at radius 2 is 1.95 bits per heavy atom. The average Bonchev–Trinajstić information content (AvgIpc) is 2.36. The Morgan fingerprint density at radius 3 is 2.55 bits per heavy atom. The molecule has 0 bridgehead atoms. The lowest BCUT2D eigenvalue weighted by molar-refractivity contribution is 0.0694. The molecule has 6 heteroatoms. The summed E-state index contributed by atoms with van der Waals surface area (Å²) in [6, 6.07) is 4.63. The Bertz CT molecular complexity index is 738. The van der Waals surface area contributed by atoms with Crippen molar-refractivity contribution in [2.24, 2.45) is 0 Å². The van der Waals surface area contributed by atoms with E-state index in [0.29, 0.717) is 11.3 Å². The Labute approximate surface area is 112 Å². The molecule has 0 radical (unpaired) electrons. The quantitative estimate of drug-likeness (QED) is 0.936. The van der Waals surface area contributed by atoms with Crippen LogP contribution >= 0.6 is 0 Å². The number of carboxylic acid groups (broad SMARTS) is 1. The summed E-state index contributed by atoms with van der Waals surface area (Å²) in [5.41, 5.74) is 0.0476. The molecule has 0 spiro atoms. The first-order valence-electron chi connectivity index (χ1n) is 5.77. The van der Waals surface area contributed by atoms with Gasteiger partial charge in [-0.15, -0.1) is 0 Å². The maximum Gasteiger partial charge on any atom is 0.341 e. The van der Waals surface area contributed by atoms with Crippen molar-refractivity contribution in [3.63, 3.8) is 0 Å². The number of rotatable bonds is 3. The summed E-state index contributed by atoms with van der Waals surface area (Å²) >= 11 is 0. The van der Waals surface area contributed by atoms with Crippen LogP contribution in [0, 0.1) is 18.6 Å². The minimum Gasteiger partial charge on any atom is -0.477 e. The van der Waals surface area contributed by atoms with E-state index in [0.717, 1.165) is 12.1 Å². The molecule has 2 rings (SSSR count). The molecular weight excluding hydrogens is 268 g/mol. The highest BCUT2D eigenvalue weighted by molar-refractivity contribution is 5.87. The van der Waals surface area contributed by atoms with E-state index in [1.807, 2.05) is 0 Å². The summed E-state index contributed by atoms with van der Waals surface area (Å²) in [6.45, 7) is 1.77. The zero-order valence-corrected chi connectivity index (χ0v) is 10.6. The van der Waals surface area contributed by atoms with Crippen molar-refractivity contribution >= 4 is 5.97 Å². The minimum atomic E-state index is -1.32. The monoisotopic (exact) mass is 279 g/mol. The number of aromatic carboxylic acids is 1. The standard InChI is InChI=1S/C14H11F2NO3/c1-8-4-13(18)10(14(19)20)7-17(8)6-9-2-3-11(15)12(16)5-9/h2-5,7H,6H2,1H3,(H,19,20). The van der Waals surface area contributed by atoms with Gasteiger partial charge in [-0.1, -0.05) is 6.07 Å². The second-order valence-corrected chi connectivity index (χ2v) is 4.37. The van der Waals surface area contributed by atoms with Gasteiger partial charge < -0.3 is 9.67 Å². The van der Waals surface area contributed by atoms with Crippen LogP contribution in [0.15, 0.2) is 35.3 Å². The Morgan fingerprint density at radius 1 is 1.25 bits per heavy atom. The van der Waals surface area contributed by atoms with Crippen LogP contribution in [-0.4, -0.2) is 15.6 Å². The summed E-state index contributed by atoms with van der Waals surface area (Å²) < 4.78 is 27.5. The first-order valence-corrected chi connectivity index (χ1v) is 5.77. The fraction of sp³-hybridized carbons (Fsp3) is 0.143. The third-order valence-corrected chi connectivity index (χ3v) is 2.91. The van der Waals surface area contributed by atoms with Crippen LogP contribution in [0.4, 0.5) is 8.78 Å². The van der Waals surface area contributed by atoms with E-state index in [9.17, 15) is 18.4 Å². The highest BCUT2D eigenvalue weighted by atomic mass is 19.2. The molecule has 0 fully saturated rings. The zero-order chi connectivity index (χ0) is 14.9. The number of aryl methyl sites for hydroxylation is 1. The van der Waals surface area contributed by atoms with Crippen LogP contribution in [0.1, 0.15) is 21.6 Å². The lowest BCUT2D eigenvalue weighted by Crippen LogP contribution is -2.19. The molecule has 2 aromatic rings. The van der Waals surface area contributed by atoms with Crippen LogP contribution in [0.2, 0.25) is 0 Å². The molecule has 1 heterocycles. The molecule has 0 atom stereocenters. The number of carbonyl (C=O) groups is 1. The number of halogens is 2. The van der Waals surface area contributed by atoms with Crippen molar-refractivity contribution in [3.05, 3.63) is 69.1 Å². The number of hydrogen-bond donors (Lipinski definition) is 1. The molecule has 0 unspecified atom stereocenters. The van der Waals surface area contributed by atoms with E-state index in [1.165, 1.54) is 22.9 Å². The molecule has 20 heavy (non-hydrogen) atoms. The van der Waals surface area contributed by atoms with Crippen LogP contribution < -0.4 is 5.43 Å². The van der Waals surface area contributed by atoms with Crippen molar-refractivity contribution in [2.75, 3.05) is 0 Å². The van der Waals surface area contributed by atoms with Gasteiger partial charge in [0.15, 0.2) is 17.1 Å². The third-order valence-electron chi connectivity index (χ3n) is 2.91. The van der Waals surface area contributed by atoms with Crippen molar-refractivity contribution in [3.8, 4) is 0 Å². The molecular formula is C14H11F2NO3. The fourth-order valence-electron chi connectivity index (χ4n) is 1.84. The van der Waals surface area contributed by atoms with E-state index >= 15 is 0 Å². The van der Waals surface area contributed by atoms with Gasteiger partial charge in [0.05, 0.1) is 0 Å². The van der Waals surface area contributed by atoms with Crippen molar-refractivity contribution in [1.82, 2.24) is 4.57 Å². The summed E-state index contributed by atoms with van der Waals surface area (Å²) in [7, 11) is 0. The number of pyridine rings is 1. The van der Waals surface area contributed by atoms with E-state index in [4.69, 9.17) is 5.11 Å². The largest absolute Gasteiger partial charge is 0.477 e. The van der Waals surface area contributed by atoms with Gasteiger partial charge in [0.2, 0.25) is 0 Å². The van der Waals surface area contributed by atoms with E-state index < -0.39 is 23.0 Å². The predicted molar refractivity (Wildman–Crippen MR) is 67.9 cm³/mol. The molecule has 0 saturated carbocycles. The number of aromatic nitrogens is 1. The Balaban J connectivity index is 2.42. The van der Waals surface area contributed by atoms with Crippen LogP contribution in [0.25, 0.3) is 0 Å². The summed E-state index contributed by atoms with van der Waals surface area (Å²) in [5.74, 6) is -3.25. The molecule has 0 aliphatic heterocycles. The lowest BCUT2D eigenvalue weighted by Gasteiger charge is -2.11. The van der Waals surface area contributed by atoms with Gasteiger partial charge in [0.1, 0.15) is 5.56 Å². The smallest absolute Gasteiger partial charge is 0.341 e. The van der Waals surface area contributed by atoms with Gasteiger partial charge >= 0.3 is 5.97 Å². The van der Waals surface area contributed by atoms with E-state index in [2.05, 4.69) is 0 Å². The summed E-state index contributed by atoms with van der Waals surface area (Å²) in [4.78, 5) is 22.4. The molecule has 0 amide bonds. The highest BCUT2D eigenvalue weighted by Crippen LogP contribution is 2.11. The van der Waals surface area contributed by atoms with Gasteiger partial charge in [-0.2, -0.15) is 0 Å². The molecule has 0 aliphatic rings. The SMILES string of the molecule is Cc1cc(=O)c(C(=O)O)cn1Cc1ccc(F)c(F)c1. The number of hydrogen-bond acceptors (Lipinski definition) is 2. The van der Waals surface area contributed by atoms with E-state index in [-0.39, 0.29) is 12.1 Å². The molecule has 1 N–H and O–H groups in total. The van der Waals surface area contributed by atoms with Gasteiger partial charge in [0, 0.05) is 24.5 Å². The molecule has 1 aromatic carbocycles. The van der Waals surface area contributed by atoms with Crippen molar-refractivity contribution in [2.45, 2.75) is 13.5 Å². The number of carboxylic acids is 1. The van der Waals surface area contributed by atoms with Crippen LogP contribution in [0.3, 0.4) is 0 Å². The van der Waals surface area contributed by atoms with E-state index in [1.54, 1.807) is 6.92 Å². The number of benzene rings is 1. The molecule has 0 aliphatic carbocycles. The maximum atomic E-state index is 13.1.